The lowest BCUT2D eigenvalue weighted by Gasteiger charge is -2.42. The van der Waals surface area contributed by atoms with Gasteiger partial charge in [-0.05, 0) is 50.6 Å². The molecule has 0 bridgehead atoms. The number of likely N-dealkylation sites (tertiary alicyclic amines) is 1. The second-order valence-electron chi connectivity index (χ2n) is 12.6. The third-order valence-electron chi connectivity index (χ3n) is 9.50. The number of halogens is 3. The van der Waals surface area contributed by atoms with Crippen molar-refractivity contribution in [2.45, 2.75) is 57.1 Å². The summed E-state index contributed by atoms with van der Waals surface area (Å²) in [6.45, 7) is 2.90. The number of piperazine rings is 1. The van der Waals surface area contributed by atoms with Gasteiger partial charge < -0.3 is 33.8 Å². The van der Waals surface area contributed by atoms with E-state index in [1.807, 2.05) is 42.3 Å². The highest BCUT2D eigenvalue weighted by Gasteiger charge is 2.40. The maximum Gasteiger partial charge on any atom is 0.421 e. The van der Waals surface area contributed by atoms with Crippen molar-refractivity contribution in [1.29, 1.82) is 5.26 Å². The number of ether oxygens (including phenoxy) is 3. The molecular weight excluding hydrogens is 639 g/mol. The Morgan fingerprint density at radius 2 is 1.84 bits per heavy atom. The average Bonchev–Trinajstić information content (AvgIpc) is 3.53. The number of amides is 1. The van der Waals surface area contributed by atoms with Crippen LogP contribution in [0.25, 0.3) is 0 Å². The van der Waals surface area contributed by atoms with Crippen LogP contribution in [0.15, 0.2) is 48.5 Å². The van der Waals surface area contributed by atoms with Crippen molar-refractivity contribution in [3.63, 3.8) is 0 Å². The molecule has 0 N–H and O–H groups in total. The number of rotatable bonds is 9. The van der Waals surface area contributed by atoms with Crippen molar-refractivity contribution in [1.82, 2.24) is 19.8 Å². The molecule has 2 atom stereocenters. The molecule has 0 saturated carbocycles. The lowest BCUT2D eigenvalue weighted by Crippen LogP contribution is -2.55. The van der Waals surface area contributed by atoms with Crippen molar-refractivity contribution < 1.29 is 32.2 Å². The highest BCUT2D eigenvalue weighted by atomic mass is 19.4. The predicted octanol–water partition coefficient (Wildman–Crippen LogP) is 5.28. The van der Waals surface area contributed by atoms with E-state index in [2.05, 4.69) is 11.0 Å². The number of carbonyl (C=O) groups excluding carboxylic acids is 1. The average molecular weight is 680 g/mol. The van der Waals surface area contributed by atoms with Crippen LogP contribution < -0.4 is 19.3 Å². The van der Waals surface area contributed by atoms with Gasteiger partial charge in [-0.1, -0.05) is 36.4 Å². The topological polar surface area (TPSA) is 107 Å². The molecule has 14 heteroatoms. The molecule has 3 aliphatic heterocycles. The van der Waals surface area contributed by atoms with Gasteiger partial charge in [0, 0.05) is 37.8 Å². The monoisotopic (exact) mass is 679 g/mol. The SMILES string of the molecule is COc1cccc(N2CCc3c(nc(OC[C@@H]4CCCN4C)nc3N3CCN(C(=O)OCc4ccccc4)[C@@H](CC#N)C3)C2)c1C(F)(F)F. The van der Waals surface area contributed by atoms with Gasteiger partial charge in [-0.15, -0.1) is 0 Å². The zero-order chi connectivity index (χ0) is 34.5. The third kappa shape index (κ3) is 7.62. The van der Waals surface area contributed by atoms with E-state index in [0.29, 0.717) is 50.7 Å². The van der Waals surface area contributed by atoms with E-state index in [-0.39, 0.29) is 43.1 Å². The molecule has 4 heterocycles. The number of likely N-dealkylation sites (N-methyl/N-ethyl adjacent to an activating group) is 1. The van der Waals surface area contributed by atoms with Crippen LogP contribution in [0, 0.1) is 11.3 Å². The van der Waals surface area contributed by atoms with Crippen LogP contribution in [-0.4, -0.2) is 91.4 Å². The molecule has 1 amide bonds. The van der Waals surface area contributed by atoms with Gasteiger partial charge in [-0.2, -0.15) is 28.4 Å². The molecule has 2 fully saturated rings. The molecule has 0 radical (unpaired) electrons. The first-order chi connectivity index (χ1) is 23.7. The number of nitriles is 1. The van der Waals surface area contributed by atoms with Crippen molar-refractivity contribution in [3.05, 3.63) is 70.9 Å². The van der Waals surface area contributed by atoms with Gasteiger partial charge in [0.1, 0.15) is 30.3 Å². The fourth-order valence-corrected chi connectivity index (χ4v) is 6.89. The highest BCUT2D eigenvalue weighted by molar-refractivity contribution is 5.69. The molecule has 0 aliphatic carbocycles. The van der Waals surface area contributed by atoms with Crippen LogP contribution in [0.2, 0.25) is 0 Å². The highest BCUT2D eigenvalue weighted by Crippen LogP contribution is 2.44. The van der Waals surface area contributed by atoms with Gasteiger partial charge in [0.2, 0.25) is 0 Å². The van der Waals surface area contributed by atoms with Crippen LogP contribution in [0.3, 0.4) is 0 Å². The van der Waals surface area contributed by atoms with Crippen molar-refractivity contribution in [2.24, 2.45) is 0 Å². The van der Waals surface area contributed by atoms with Gasteiger partial charge in [0.25, 0.3) is 0 Å². The van der Waals surface area contributed by atoms with Crippen LogP contribution in [0.4, 0.5) is 29.5 Å². The van der Waals surface area contributed by atoms with Gasteiger partial charge in [-0.3, -0.25) is 0 Å². The summed E-state index contributed by atoms with van der Waals surface area (Å²) in [6.07, 6.45) is -2.60. The number of fused-ring (bicyclic) bond motifs is 1. The van der Waals surface area contributed by atoms with Crippen LogP contribution in [0.1, 0.15) is 41.6 Å². The molecule has 2 aromatic carbocycles. The Bertz CT molecular complexity index is 1670. The molecular formula is C35H40F3N7O4. The summed E-state index contributed by atoms with van der Waals surface area (Å²) in [6, 6.07) is 15.8. The van der Waals surface area contributed by atoms with E-state index in [1.165, 1.54) is 19.2 Å². The summed E-state index contributed by atoms with van der Waals surface area (Å²) < 4.78 is 59.8. The molecule has 11 nitrogen and oxygen atoms in total. The zero-order valence-corrected chi connectivity index (χ0v) is 27.7. The van der Waals surface area contributed by atoms with E-state index in [9.17, 15) is 23.2 Å². The number of carbonyl (C=O) groups is 1. The van der Waals surface area contributed by atoms with Crippen LogP contribution in [0.5, 0.6) is 11.8 Å². The van der Waals surface area contributed by atoms with Gasteiger partial charge >= 0.3 is 18.3 Å². The normalized spacial score (nSPS) is 19.7. The molecule has 3 aliphatic rings. The van der Waals surface area contributed by atoms with Gasteiger partial charge in [-0.25, -0.2) is 4.79 Å². The van der Waals surface area contributed by atoms with E-state index < -0.39 is 23.9 Å². The number of nitrogens with zero attached hydrogens (tertiary/aromatic N) is 7. The first kappa shape index (κ1) is 34.1. The van der Waals surface area contributed by atoms with Crippen molar-refractivity contribution >= 4 is 17.6 Å². The lowest BCUT2D eigenvalue weighted by atomic mass is 10.0. The van der Waals surface area contributed by atoms with E-state index in [1.54, 1.807) is 15.9 Å². The Hall–Kier alpha value is -4.77. The van der Waals surface area contributed by atoms with Gasteiger partial charge in [0.05, 0.1) is 43.6 Å². The first-order valence-corrected chi connectivity index (χ1v) is 16.5. The number of aromatic nitrogens is 2. The summed E-state index contributed by atoms with van der Waals surface area (Å²) in [5, 5.41) is 9.68. The Kier molecular flexibility index (Phi) is 10.3. The lowest BCUT2D eigenvalue weighted by molar-refractivity contribution is -0.138. The summed E-state index contributed by atoms with van der Waals surface area (Å²) in [5.74, 6) is 0.369. The quantitative estimate of drug-likeness (QED) is 0.297. The van der Waals surface area contributed by atoms with E-state index in [0.717, 1.165) is 30.5 Å². The fraction of sp³-hybridized carbons (Fsp3) is 0.486. The summed E-state index contributed by atoms with van der Waals surface area (Å²) in [7, 11) is 3.27. The van der Waals surface area contributed by atoms with E-state index in [4.69, 9.17) is 24.2 Å². The van der Waals surface area contributed by atoms with Crippen molar-refractivity contribution in [2.75, 3.05) is 63.3 Å². The van der Waals surface area contributed by atoms with Crippen LogP contribution >= 0.6 is 0 Å². The smallest absolute Gasteiger partial charge is 0.421 e. The van der Waals surface area contributed by atoms with Crippen LogP contribution in [-0.2, 0) is 30.5 Å². The maximum absolute atomic E-state index is 14.3. The molecule has 6 rings (SSSR count). The number of anilines is 2. The summed E-state index contributed by atoms with van der Waals surface area (Å²) >= 11 is 0. The Morgan fingerprint density at radius 3 is 2.55 bits per heavy atom. The molecule has 49 heavy (non-hydrogen) atoms. The fourth-order valence-electron chi connectivity index (χ4n) is 6.89. The predicted molar refractivity (Wildman–Crippen MR) is 175 cm³/mol. The van der Waals surface area contributed by atoms with Crippen molar-refractivity contribution in [3.8, 4) is 17.8 Å². The Morgan fingerprint density at radius 1 is 1.02 bits per heavy atom. The van der Waals surface area contributed by atoms with Gasteiger partial charge in [0.15, 0.2) is 0 Å². The second kappa shape index (κ2) is 14.8. The molecule has 260 valence electrons. The third-order valence-corrected chi connectivity index (χ3v) is 9.50. The number of hydrogen-bond donors (Lipinski definition) is 0. The number of benzene rings is 2. The number of hydrogen-bond acceptors (Lipinski definition) is 10. The summed E-state index contributed by atoms with van der Waals surface area (Å²) in [4.78, 5) is 30.3. The Labute approximate surface area is 283 Å². The summed E-state index contributed by atoms with van der Waals surface area (Å²) in [5.41, 5.74) is 1.44. The first-order valence-electron chi connectivity index (χ1n) is 16.5. The molecule has 1 aromatic heterocycles. The largest absolute Gasteiger partial charge is 0.496 e. The molecule has 2 saturated heterocycles. The number of methoxy groups -OCH3 is 1. The maximum atomic E-state index is 14.3. The molecule has 0 unspecified atom stereocenters. The minimum Gasteiger partial charge on any atom is -0.496 e. The zero-order valence-electron chi connectivity index (χ0n) is 27.7. The minimum atomic E-state index is -4.63. The molecule has 0 spiro atoms. The minimum absolute atomic E-state index is 0.0180. The van der Waals surface area contributed by atoms with E-state index >= 15 is 0 Å². The number of alkyl halides is 3. The molecule has 3 aromatic rings. The standard InChI is InChI=1S/C35H40F3N7O4/c1-42-16-7-10-26(42)23-48-33-40-28-21-43(29-11-6-12-30(47-2)31(29)35(36,37)38)17-14-27(28)32(41-33)44-18-19-45(25(20-44)13-15-39)34(46)49-22-24-8-4-3-5-9-24/h3-6,8-9,11-12,25-26H,7,10,13-14,16-23H2,1-2H3/t25-,26-/m0/s1. The second-order valence-corrected chi connectivity index (χ2v) is 12.6. The Balaban J connectivity index is 1.28.